The molecule has 0 spiro atoms. The predicted molar refractivity (Wildman–Crippen MR) is 151 cm³/mol. The van der Waals surface area contributed by atoms with Crippen LogP contribution in [0.5, 0.6) is 5.75 Å². The minimum atomic E-state index is -0.600. The Kier molecular flexibility index (Phi) is 7.37. The first kappa shape index (κ1) is 26.4. The molecule has 1 fully saturated rings. The average Bonchev–Trinajstić information content (AvgIpc) is 3.56. The van der Waals surface area contributed by atoms with Crippen LogP contribution >= 0.6 is 0 Å². The maximum atomic E-state index is 12.2. The van der Waals surface area contributed by atoms with Crippen LogP contribution < -0.4 is 4.74 Å². The molecule has 2 heterocycles. The molecule has 3 aromatic carbocycles. The fourth-order valence-electron chi connectivity index (χ4n) is 4.80. The number of aliphatic imine (C=N–C) groups is 1. The number of aromatic nitrogens is 2. The maximum Gasteiger partial charge on any atom is 0.435 e. The first-order valence-electron chi connectivity index (χ1n) is 13.3. The van der Waals surface area contributed by atoms with Gasteiger partial charge in [-0.25, -0.2) is 4.79 Å². The number of amidine groups is 1. The first-order chi connectivity index (χ1) is 18.6. The van der Waals surface area contributed by atoms with Crippen molar-refractivity contribution >= 4 is 22.7 Å². The number of carbonyl (C=O) groups excluding carboxylic acids is 1. The highest BCUT2D eigenvalue weighted by atomic mass is 16.6. The lowest BCUT2D eigenvalue weighted by atomic mass is 10.1. The summed E-state index contributed by atoms with van der Waals surface area (Å²) in [5, 5.41) is 6.39. The maximum absolute atomic E-state index is 12.2. The Morgan fingerprint density at radius 2 is 1.90 bits per heavy atom. The number of aryl methyl sites for hydroxylation is 1. The SMILES string of the molecule is C/C(=N\C(=O)OC(C)(C)C)N1CCC[C@H]1c1nc(-c2ccc3cc(OCc4cccc(C)c4)ccc3c2)no1. The third-order valence-electron chi connectivity index (χ3n) is 6.60. The molecular formula is C31H34N4O4. The first-order valence-corrected chi connectivity index (χ1v) is 13.3. The minimum Gasteiger partial charge on any atom is -0.489 e. The molecule has 0 radical (unpaired) electrons. The monoisotopic (exact) mass is 526 g/mol. The van der Waals surface area contributed by atoms with E-state index in [1.807, 2.05) is 69.0 Å². The van der Waals surface area contributed by atoms with E-state index >= 15 is 0 Å². The van der Waals surface area contributed by atoms with Crippen molar-refractivity contribution in [3.63, 3.8) is 0 Å². The number of hydrogen-bond acceptors (Lipinski definition) is 6. The van der Waals surface area contributed by atoms with Crippen LogP contribution in [0.4, 0.5) is 4.79 Å². The van der Waals surface area contributed by atoms with Crippen molar-refractivity contribution in [2.45, 2.75) is 65.7 Å². The van der Waals surface area contributed by atoms with Gasteiger partial charge in [-0.1, -0.05) is 53.2 Å². The summed E-state index contributed by atoms with van der Waals surface area (Å²) < 4.78 is 17.1. The molecule has 8 nitrogen and oxygen atoms in total. The Bertz CT molecular complexity index is 1520. The average molecular weight is 527 g/mol. The second-order valence-electron chi connectivity index (χ2n) is 10.9. The molecule has 39 heavy (non-hydrogen) atoms. The van der Waals surface area contributed by atoms with Crippen LogP contribution in [-0.2, 0) is 11.3 Å². The second kappa shape index (κ2) is 10.9. The van der Waals surface area contributed by atoms with Crippen LogP contribution in [0.15, 0.2) is 70.2 Å². The number of ether oxygens (including phenoxy) is 2. The van der Waals surface area contributed by atoms with Crippen molar-refractivity contribution < 1.29 is 18.8 Å². The fraction of sp³-hybridized carbons (Fsp3) is 0.355. The van der Waals surface area contributed by atoms with E-state index < -0.39 is 11.7 Å². The molecular weight excluding hydrogens is 492 g/mol. The van der Waals surface area contributed by atoms with Gasteiger partial charge in [0.1, 0.15) is 29.8 Å². The lowest BCUT2D eigenvalue weighted by Gasteiger charge is -2.24. The largest absolute Gasteiger partial charge is 0.489 e. The zero-order valence-electron chi connectivity index (χ0n) is 23.1. The molecule has 1 aliphatic rings. The smallest absolute Gasteiger partial charge is 0.435 e. The molecule has 0 saturated carbocycles. The van der Waals surface area contributed by atoms with Gasteiger partial charge in [0.25, 0.3) is 0 Å². The highest BCUT2D eigenvalue weighted by Gasteiger charge is 2.32. The molecule has 1 saturated heterocycles. The number of hydrogen-bond donors (Lipinski definition) is 0. The highest BCUT2D eigenvalue weighted by Crippen LogP contribution is 2.33. The van der Waals surface area contributed by atoms with Gasteiger partial charge in [-0.2, -0.15) is 9.98 Å². The topological polar surface area (TPSA) is 90.0 Å². The van der Waals surface area contributed by atoms with Gasteiger partial charge < -0.3 is 18.9 Å². The van der Waals surface area contributed by atoms with E-state index in [0.29, 0.717) is 24.2 Å². The molecule has 1 aromatic heterocycles. The lowest BCUT2D eigenvalue weighted by molar-refractivity contribution is 0.0601. The lowest BCUT2D eigenvalue weighted by Crippen LogP contribution is -2.30. The van der Waals surface area contributed by atoms with Crippen LogP contribution in [0.25, 0.3) is 22.2 Å². The van der Waals surface area contributed by atoms with Crippen molar-refractivity contribution in [1.82, 2.24) is 15.0 Å². The van der Waals surface area contributed by atoms with Crippen LogP contribution in [0.2, 0.25) is 0 Å². The Morgan fingerprint density at radius 1 is 1.10 bits per heavy atom. The molecule has 1 amide bonds. The van der Waals surface area contributed by atoms with Crippen LogP contribution in [-0.4, -0.2) is 39.1 Å². The van der Waals surface area contributed by atoms with Gasteiger partial charge in [0, 0.05) is 12.1 Å². The number of carbonyl (C=O) groups is 1. The predicted octanol–water partition coefficient (Wildman–Crippen LogP) is 7.27. The summed E-state index contributed by atoms with van der Waals surface area (Å²) in [6.45, 7) is 10.6. The molecule has 0 unspecified atom stereocenters. The number of benzene rings is 3. The number of rotatable bonds is 5. The van der Waals surface area contributed by atoms with Crippen LogP contribution in [0.3, 0.4) is 0 Å². The molecule has 4 aromatic rings. The molecule has 8 heteroatoms. The Balaban J connectivity index is 1.29. The van der Waals surface area contributed by atoms with Crippen molar-refractivity contribution in [3.05, 3.63) is 77.7 Å². The summed E-state index contributed by atoms with van der Waals surface area (Å²) in [4.78, 5) is 23.1. The second-order valence-corrected chi connectivity index (χ2v) is 10.9. The number of likely N-dealkylation sites (tertiary alicyclic amines) is 1. The van der Waals surface area contributed by atoms with E-state index in [1.54, 1.807) is 0 Å². The Morgan fingerprint density at radius 3 is 2.69 bits per heavy atom. The summed E-state index contributed by atoms with van der Waals surface area (Å²) in [7, 11) is 0. The summed E-state index contributed by atoms with van der Waals surface area (Å²) in [5.74, 6) is 2.45. The van der Waals surface area contributed by atoms with Crippen LogP contribution in [0.1, 0.15) is 63.6 Å². The normalized spacial score (nSPS) is 16.1. The van der Waals surface area contributed by atoms with Gasteiger partial charge in [0.2, 0.25) is 11.7 Å². The van der Waals surface area contributed by atoms with Gasteiger partial charge in [-0.05, 0) is 82.0 Å². The molecule has 1 atom stereocenters. The molecule has 0 N–H and O–H groups in total. The number of nitrogens with zero attached hydrogens (tertiary/aromatic N) is 4. The van der Waals surface area contributed by atoms with Gasteiger partial charge in [0.05, 0.1) is 0 Å². The third kappa shape index (κ3) is 6.45. The van der Waals surface area contributed by atoms with E-state index in [4.69, 9.17) is 19.0 Å². The molecule has 5 rings (SSSR count). The number of amides is 1. The van der Waals surface area contributed by atoms with Crippen molar-refractivity contribution in [3.8, 4) is 17.1 Å². The van der Waals surface area contributed by atoms with Crippen molar-refractivity contribution in [2.24, 2.45) is 4.99 Å². The summed E-state index contributed by atoms with van der Waals surface area (Å²) in [6, 6.07) is 20.3. The van der Waals surface area contributed by atoms with Gasteiger partial charge in [-0.3, -0.25) is 0 Å². The fourth-order valence-corrected chi connectivity index (χ4v) is 4.80. The van der Waals surface area contributed by atoms with E-state index in [-0.39, 0.29) is 6.04 Å². The zero-order valence-corrected chi connectivity index (χ0v) is 23.1. The van der Waals surface area contributed by atoms with Gasteiger partial charge in [-0.15, -0.1) is 0 Å². The molecule has 202 valence electrons. The van der Waals surface area contributed by atoms with Gasteiger partial charge >= 0.3 is 6.09 Å². The van der Waals surface area contributed by atoms with Crippen LogP contribution in [0, 0.1) is 6.92 Å². The van der Waals surface area contributed by atoms with Crippen molar-refractivity contribution in [2.75, 3.05) is 6.54 Å². The summed E-state index contributed by atoms with van der Waals surface area (Å²) in [6.07, 6.45) is 1.18. The quantitative estimate of drug-likeness (QED) is 0.200. The Hall–Kier alpha value is -4.20. The van der Waals surface area contributed by atoms with E-state index in [1.165, 1.54) is 5.56 Å². The summed E-state index contributed by atoms with van der Waals surface area (Å²) in [5.41, 5.74) is 2.64. The van der Waals surface area contributed by atoms with Gasteiger partial charge in [0.15, 0.2) is 0 Å². The highest BCUT2D eigenvalue weighted by molar-refractivity contribution is 5.90. The standard InChI is InChI=1S/C31H34N4O4/c1-20-8-6-9-22(16-20)19-37-26-14-13-23-17-25(12-11-24(23)18-26)28-33-29(39-34-28)27-10-7-15-35(27)21(2)32-30(36)38-31(3,4)5/h6,8-9,11-14,16-18,27H,7,10,15,19H2,1-5H3/b32-21+/t27-/m0/s1. The van der Waals surface area contributed by atoms with E-state index in [2.05, 4.69) is 41.3 Å². The zero-order chi connectivity index (χ0) is 27.6. The molecule has 1 aliphatic heterocycles. The number of fused-ring (bicyclic) bond motifs is 1. The van der Waals surface area contributed by atoms with E-state index in [9.17, 15) is 4.79 Å². The molecule has 0 bridgehead atoms. The van der Waals surface area contributed by atoms with E-state index in [0.717, 1.165) is 47.0 Å². The third-order valence-corrected chi connectivity index (χ3v) is 6.60. The summed E-state index contributed by atoms with van der Waals surface area (Å²) >= 11 is 0. The molecule has 0 aliphatic carbocycles. The van der Waals surface area contributed by atoms with Crippen molar-refractivity contribution in [1.29, 1.82) is 0 Å². The Labute approximate surface area is 228 Å². The minimum absolute atomic E-state index is 0.133.